The molecule has 0 unspecified atom stereocenters. The highest BCUT2D eigenvalue weighted by atomic mass is 32.1. The molecule has 1 aliphatic rings. The summed E-state index contributed by atoms with van der Waals surface area (Å²) in [5.74, 6) is 0.849. The predicted molar refractivity (Wildman–Crippen MR) is 105 cm³/mol. The largest absolute Gasteiger partial charge is 0.490 e. The summed E-state index contributed by atoms with van der Waals surface area (Å²) >= 11 is 1.55. The van der Waals surface area contributed by atoms with Crippen molar-refractivity contribution in [3.05, 3.63) is 40.8 Å². The van der Waals surface area contributed by atoms with Crippen LogP contribution in [0.2, 0.25) is 0 Å². The topological polar surface area (TPSA) is 57.7 Å². The first kappa shape index (κ1) is 18.7. The van der Waals surface area contributed by atoms with Crippen LogP contribution < -0.4 is 10.1 Å². The molecule has 26 heavy (non-hydrogen) atoms. The van der Waals surface area contributed by atoms with Crippen LogP contribution in [0.3, 0.4) is 0 Å². The molecule has 1 aliphatic heterocycles. The second-order valence-electron chi connectivity index (χ2n) is 6.73. The minimum atomic E-state index is -0.156. The van der Waals surface area contributed by atoms with Crippen LogP contribution in [0.5, 0.6) is 5.75 Å². The van der Waals surface area contributed by atoms with Gasteiger partial charge in [-0.05, 0) is 51.1 Å². The zero-order chi connectivity index (χ0) is 18.5. The summed E-state index contributed by atoms with van der Waals surface area (Å²) < 4.78 is 6.04. The molecule has 0 radical (unpaired) electrons. The number of piperidine rings is 1. The Labute approximate surface area is 158 Å². The highest BCUT2D eigenvalue weighted by Gasteiger charge is 2.20. The van der Waals surface area contributed by atoms with Gasteiger partial charge in [0.1, 0.15) is 16.9 Å². The van der Waals surface area contributed by atoms with Gasteiger partial charge in [-0.2, -0.15) is 0 Å². The average Bonchev–Trinajstić information content (AvgIpc) is 3.18. The van der Waals surface area contributed by atoms with E-state index in [1.807, 2.05) is 36.6 Å². The lowest BCUT2D eigenvalue weighted by Crippen LogP contribution is -2.35. The van der Waals surface area contributed by atoms with Gasteiger partial charge in [0.25, 0.3) is 0 Å². The maximum atomic E-state index is 12.4. The van der Waals surface area contributed by atoms with Crippen molar-refractivity contribution >= 4 is 23.1 Å². The minimum Gasteiger partial charge on any atom is -0.490 e. The lowest BCUT2D eigenvalue weighted by molar-refractivity contribution is 0.114. The van der Waals surface area contributed by atoms with Crippen molar-refractivity contribution < 1.29 is 9.53 Å². The van der Waals surface area contributed by atoms with E-state index in [0.717, 1.165) is 42.4 Å². The average molecular weight is 375 g/mol. The van der Waals surface area contributed by atoms with Gasteiger partial charge in [-0.1, -0.05) is 0 Å². The Kier molecular flexibility index (Phi) is 6.11. The third-order valence-corrected chi connectivity index (χ3v) is 5.73. The molecule has 0 saturated carbocycles. The Hall–Kier alpha value is -2.12. The van der Waals surface area contributed by atoms with E-state index in [0.29, 0.717) is 0 Å². The van der Waals surface area contributed by atoms with Crippen LogP contribution in [-0.2, 0) is 0 Å². The van der Waals surface area contributed by atoms with Crippen LogP contribution in [0.4, 0.5) is 10.5 Å². The number of nitrogens with zero attached hydrogens (tertiary/aromatic N) is 3. The van der Waals surface area contributed by atoms with Crippen LogP contribution in [0.1, 0.15) is 30.8 Å². The summed E-state index contributed by atoms with van der Waals surface area (Å²) in [4.78, 5) is 20.7. The molecular formula is C19H26N4O2S. The number of rotatable bonds is 5. The van der Waals surface area contributed by atoms with Gasteiger partial charge in [0.2, 0.25) is 0 Å². The van der Waals surface area contributed by atoms with Crippen LogP contribution in [0, 0.1) is 0 Å². The molecule has 1 fully saturated rings. The molecular weight excluding hydrogens is 348 g/mol. The van der Waals surface area contributed by atoms with Gasteiger partial charge < -0.3 is 19.9 Å². The standard InChI is InChI=1S/C19H26N4O2S/c1-14(18-20-10-13-26-18)23(3)19(24)21-15-4-6-16(7-5-15)25-17-8-11-22(2)12-9-17/h4-7,10,13-14,17H,8-9,11-12H2,1-3H3,(H,21,24)/t14-/m0/s1. The highest BCUT2D eigenvalue weighted by molar-refractivity contribution is 7.09. The van der Waals surface area contributed by atoms with E-state index in [9.17, 15) is 4.79 Å². The number of hydrogen-bond donors (Lipinski definition) is 1. The lowest BCUT2D eigenvalue weighted by Gasteiger charge is -2.29. The van der Waals surface area contributed by atoms with Crippen LogP contribution in [-0.4, -0.2) is 54.1 Å². The van der Waals surface area contributed by atoms with E-state index in [1.54, 1.807) is 29.5 Å². The monoisotopic (exact) mass is 374 g/mol. The van der Waals surface area contributed by atoms with Crippen LogP contribution in [0.15, 0.2) is 35.8 Å². The van der Waals surface area contributed by atoms with E-state index in [2.05, 4.69) is 22.2 Å². The Balaban J connectivity index is 1.52. The van der Waals surface area contributed by atoms with E-state index < -0.39 is 0 Å². The summed E-state index contributed by atoms with van der Waals surface area (Å²) in [6, 6.07) is 7.36. The lowest BCUT2D eigenvalue weighted by atomic mass is 10.1. The molecule has 0 aliphatic carbocycles. The summed E-state index contributed by atoms with van der Waals surface area (Å²) in [6.07, 6.45) is 4.13. The molecule has 1 atom stereocenters. The van der Waals surface area contributed by atoms with Gasteiger partial charge in [0.15, 0.2) is 0 Å². The minimum absolute atomic E-state index is 0.0676. The quantitative estimate of drug-likeness (QED) is 0.864. The number of amides is 2. The highest BCUT2D eigenvalue weighted by Crippen LogP contribution is 2.23. The third-order valence-electron chi connectivity index (χ3n) is 4.78. The summed E-state index contributed by atoms with van der Waals surface area (Å²) in [5.41, 5.74) is 0.754. The number of ether oxygens (including phenoxy) is 1. The summed E-state index contributed by atoms with van der Waals surface area (Å²) in [6.45, 7) is 4.11. The number of likely N-dealkylation sites (tertiary alicyclic amines) is 1. The molecule has 1 aromatic heterocycles. The molecule has 7 heteroatoms. The first-order chi connectivity index (χ1) is 12.5. The normalized spacial score (nSPS) is 16.9. The van der Waals surface area contributed by atoms with Crippen molar-refractivity contribution in [1.82, 2.24) is 14.8 Å². The second kappa shape index (κ2) is 8.51. The molecule has 6 nitrogen and oxygen atoms in total. The number of hydrogen-bond acceptors (Lipinski definition) is 5. The van der Waals surface area contributed by atoms with Crippen molar-refractivity contribution in [1.29, 1.82) is 0 Å². The van der Waals surface area contributed by atoms with Crippen molar-refractivity contribution in [2.45, 2.75) is 31.9 Å². The second-order valence-corrected chi connectivity index (χ2v) is 7.66. The number of thiazole rings is 1. The zero-order valence-corrected chi connectivity index (χ0v) is 16.3. The number of urea groups is 1. The van der Waals surface area contributed by atoms with Crippen molar-refractivity contribution in [3.8, 4) is 5.75 Å². The fourth-order valence-electron chi connectivity index (χ4n) is 2.91. The molecule has 2 amide bonds. The van der Waals surface area contributed by atoms with Gasteiger partial charge in [-0.15, -0.1) is 11.3 Å². The van der Waals surface area contributed by atoms with E-state index in [-0.39, 0.29) is 18.2 Å². The molecule has 1 N–H and O–H groups in total. The number of benzene rings is 1. The number of anilines is 1. The molecule has 3 rings (SSSR count). The molecule has 0 bridgehead atoms. The molecule has 2 aromatic rings. The molecule has 0 spiro atoms. The number of carbonyl (C=O) groups excluding carboxylic acids is 1. The maximum absolute atomic E-state index is 12.4. The van der Waals surface area contributed by atoms with Crippen LogP contribution >= 0.6 is 11.3 Å². The molecule has 140 valence electrons. The summed E-state index contributed by atoms with van der Waals surface area (Å²) in [5, 5.41) is 5.76. The fourth-order valence-corrected chi connectivity index (χ4v) is 3.64. The third kappa shape index (κ3) is 4.74. The van der Waals surface area contributed by atoms with Gasteiger partial charge in [-0.3, -0.25) is 0 Å². The van der Waals surface area contributed by atoms with Crippen molar-refractivity contribution in [2.75, 3.05) is 32.5 Å². The Morgan fingerprint density at radius 2 is 2.04 bits per heavy atom. The van der Waals surface area contributed by atoms with Crippen molar-refractivity contribution in [3.63, 3.8) is 0 Å². The number of nitrogens with one attached hydrogen (secondary N) is 1. The van der Waals surface area contributed by atoms with Gasteiger partial charge in [0, 0.05) is 37.4 Å². The van der Waals surface area contributed by atoms with Crippen LogP contribution in [0.25, 0.3) is 0 Å². The molecule has 1 aromatic carbocycles. The van der Waals surface area contributed by atoms with E-state index in [1.165, 1.54) is 0 Å². The SMILES string of the molecule is C[C@@H](c1nccs1)N(C)C(=O)Nc1ccc(OC2CCN(C)CC2)cc1. The number of carbonyl (C=O) groups is 1. The Morgan fingerprint density at radius 1 is 1.35 bits per heavy atom. The van der Waals surface area contributed by atoms with E-state index in [4.69, 9.17) is 4.74 Å². The Bertz CT molecular complexity index is 697. The first-order valence-electron chi connectivity index (χ1n) is 8.91. The predicted octanol–water partition coefficient (Wildman–Crippen LogP) is 3.84. The Morgan fingerprint density at radius 3 is 2.65 bits per heavy atom. The number of aromatic nitrogens is 1. The van der Waals surface area contributed by atoms with Gasteiger partial charge in [-0.25, -0.2) is 9.78 Å². The zero-order valence-electron chi connectivity index (χ0n) is 15.5. The van der Waals surface area contributed by atoms with Gasteiger partial charge in [0.05, 0.1) is 6.04 Å². The summed E-state index contributed by atoms with van der Waals surface area (Å²) in [7, 11) is 3.92. The molecule has 2 heterocycles. The van der Waals surface area contributed by atoms with E-state index >= 15 is 0 Å². The van der Waals surface area contributed by atoms with Gasteiger partial charge >= 0.3 is 6.03 Å². The van der Waals surface area contributed by atoms with Crippen molar-refractivity contribution in [2.24, 2.45) is 0 Å². The molecule has 1 saturated heterocycles. The first-order valence-corrected chi connectivity index (χ1v) is 9.79. The maximum Gasteiger partial charge on any atom is 0.322 e. The smallest absolute Gasteiger partial charge is 0.322 e. The fraction of sp³-hybridized carbons (Fsp3) is 0.474.